The highest BCUT2D eigenvalue weighted by atomic mass is 32.1. The third-order valence-corrected chi connectivity index (χ3v) is 4.09. The van der Waals surface area contributed by atoms with Gasteiger partial charge in [0.1, 0.15) is 0 Å². The molecule has 3 aromatic rings. The van der Waals surface area contributed by atoms with Gasteiger partial charge in [-0.15, -0.1) is 21.5 Å². The summed E-state index contributed by atoms with van der Waals surface area (Å²) in [7, 11) is 0. The van der Waals surface area contributed by atoms with Gasteiger partial charge in [-0.3, -0.25) is 10.1 Å². The Labute approximate surface area is 110 Å². The standard InChI is InChI=1S/C11H8N4OS2/c12-10-14-15-11(18-10)13-9(16)8-5-6-3-1-2-4-7(6)17-8/h1-5H,(H2,12,14)(H,13,15,16). The number of nitrogen functional groups attached to an aromatic ring is 1. The van der Waals surface area contributed by atoms with Crippen molar-refractivity contribution in [2.75, 3.05) is 11.1 Å². The molecule has 0 atom stereocenters. The zero-order valence-corrected chi connectivity index (χ0v) is 10.7. The van der Waals surface area contributed by atoms with Crippen LogP contribution in [0.2, 0.25) is 0 Å². The summed E-state index contributed by atoms with van der Waals surface area (Å²) in [4.78, 5) is 12.6. The Morgan fingerprint density at radius 3 is 2.78 bits per heavy atom. The molecular weight excluding hydrogens is 268 g/mol. The molecule has 0 bridgehead atoms. The van der Waals surface area contributed by atoms with Gasteiger partial charge in [0.15, 0.2) is 0 Å². The second-order valence-electron chi connectivity index (χ2n) is 3.55. The Balaban J connectivity index is 1.87. The third-order valence-electron chi connectivity index (χ3n) is 2.31. The zero-order chi connectivity index (χ0) is 12.5. The third kappa shape index (κ3) is 2.05. The van der Waals surface area contributed by atoms with E-state index in [4.69, 9.17) is 5.73 Å². The number of amides is 1. The van der Waals surface area contributed by atoms with Crippen LogP contribution in [0.15, 0.2) is 30.3 Å². The van der Waals surface area contributed by atoms with Crippen LogP contribution < -0.4 is 11.1 Å². The number of anilines is 2. The predicted molar refractivity (Wildman–Crippen MR) is 74.1 cm³/mol. The van der Waals surface area contributed by atoms with E-state index < -0.39 is 0 Å². The highest BCUT2D eigenvalue weighted by molar-refractivity contribution is 7.21. The van der Waals surface area contributed by atoms with Gasteiger partial charge in [-0.05, 0) is 17.5 Å². The van der Waals surface area contributed by atoms with Crippen LogP contribution in [0.5, 0.6) is 0 Å². The molecule has 0 radical (unpaired) electrons. The molecule has 18 heavy (non-hydrogen) atoms. The maximum Gasteiger partial charge on any atom is 0.267 e. The summed E-state index contributed by atoms with van der Waals surface area (Å²) in [6.45, 7) is 0. The number of carbonyl (C=O) groups excluding carboxylic acids is 1. The number of nitrogens with two attached hydrogens (primary N) is 1. The first-order chi connectivity index (χ1) is 8.72. The topological polar surface area (TPSA) is 80.9 Å². The number of benzene rings is 1. The normalized spacial score (nSPS) is 10.7. The van der Waals surface area contributed by atoms with Crippen molar-refractivity contribution >= 4 is 48.9 Å². The summed E-state index contributed by atoms with van der Waals surface area (Å²) in [5.74, 6) is -0.188. The number of rotatable bonds is 2. The van der Waals surface area contributed by atoms with E-state index in [9.17, 15) is 4.79 Å². The van der Waals surface area contributed by atoms with Crippen LogP contribution in [0.4, 0.5) is 10.3 Å². The minimum Gasteiger partial charge on any atom is -0.374 e. The maximum atomic E-state index is 12.0. The minimum atomic E-state index is -0.188. The maximum absolute atomic E-state index is 12.0. The van der Waals surface area contributed by atoms with E-state index in [1.165, 1.54) is 11.3 Å². The molecule has 90 valence electrons. The van der Waals surface area contributed by atoms with Crippen molar-refractivity contribution < 1.29 is 4.79 Å². The molecule has 3 rings (SSSR count). The first kappa shape index (κ1) is 11.1. The number of fused-ring (bicyclic) bond motifs is 1. The molecule has 1 aromatic carbocycles. The van der Waals surface area contributed by atoms with Gasteiger partial charge in [-0.25, -0.2) is 0 Å². The highest BCUT2D eigenvalue weighted by Crippen LogP contribution is 2.26. The van der Waals surface area contributed by atoms with Crippen LogP contribution >= 0.6 is 22.7 Å². The van der Waals surface area contributed by atoms with E-state index in [2.05, 4.69) is 15.5 Å². The molecule has 0 aliphatic carbocycles. The van der Waals surface area contributed by atoms with E-state index in [1.54, 1.807) is 0 Å². The molecule has 2 heterocycles. The zero-order valence-electron chi connectivity index (χ0n) is 9.08. The Morgan fingerprint density at radius 1 is 1.22 bits per heavy atom. The Morgan fingerprint density at radius 2 is 2.06 bits per heavy atom. The summed E-state index contributed by atoms with van der Waals surface area (Å²) in [6, 6.07) is 9.72. The monoisotopic (exact) mass is 276 g/mol. The fourth-order valence-corrected chi connectivity index (χ4v) is 3.00. The quantitative estimate of drug-likeness (QED) is 0.753. The Hall–Kier alpha value is -1.99. The largest absolute Gasteiger partial charge is 0.374 e. The van der Waals surface area contributed by atoms with Crippen LogP contribution in [0.1, 0.15) is 9.67 Å². The molecule has 0 unspecified atom stereocenters. The summed E-state index contributed by atoms with van der Waals surface area (Å²) in [5.41, 5.74) is 5.45. The number of thiophene rings is 1. The molecule has 7 heteroatoms. The van der Waals surface area contributed by atoms with Crippen molar-refractivity contribution in [3.05, 3.63) is 35.2 Å². The van der Waals surface area contributed by atoms with E-state index in [0.29, 0.717) is 15.1 Å². The number of aromatic nitrogens is 2. The van der Waals surface area contributed by atoms with Crippen molar-refractivity contribution in [1.82, 2.24) is 10.2 Å². The molecule has 2 aromatic heterocycles. The van der Waals surface area contributed by atoms with Crippen LogP contribution in [0.3, 0.4) is 0 Å². The molecule has 0 spiro atoms. The lowest BCUT2D eigenvalue weighted by molar-refractivity contribution is 0.103. The molecule has 0 fully saturated rings. The average molecular weight is 276 g/mol. The fourth-order valence-electron chi connectivity index (χ4n) is 1.54. The summed E-state index contributed by atoms with van der Waals surface area (Å²) < 4.78 is 1.08. The SMILES string of the molecule is Nc1nnc(NC(=O)c2cc3ccccc3s2)s1. The van der Waals surface area contributed by atoms with Crippen LogP contribution in [0.25, 0.3) is 10.1 Å². The molecule has 1 amide bonds. The van der Waals surface area contributed by atoms with Crippen LogP contribution in [-0.2, 0) is 0 Å². The molecule has 3 N–H and O–H groups in total. The number of carbonyl (C=O) groups is 1. The van der Waals surface area contributed by atoms with Crippen molar-refractivity contribution in [1.29, 1.82) is 0 Å². The molecule has 0 saturated heterocycles. The van der Waals surface area contributed by atoms with Crippen LogP contribution in [0, 0.1) is 0 Å². The van der Waals surface area contributed by atoms with Gasteiger partial charge in [0.2, 0.25) is 10.3 Å². The van der Waals surface area contributed by atoms with Gasteiger partial charge in [0.25, 0.3) is 5.91 Å². The molecule has 0 saturated carbocycles. The van der Waals surface area contributed by atoms with Crippen molar-refractivity contribution in [2.24, 2.45) is 0 Å². The predicted octanol–water partition coefficient (Wildman–Crippen LogP) is 2.59. The number of hydrogen-bond acceptors (Lipinski definition) is 6. The smallest absolute Gasteiger partial charge is 0.267 e. The molecule has 5 nitrogen and oxygen atoms in total. The highest BCUT2D eigenvalue weighted by Gasteiger charge is 2.12. The molecule has 0 aliphatic heterocycles. The fraction of sp³-hybridized carbons (Fsp3) is 0. The Kier molecular flexibility index (Phi) is 2.69. The van der Waals surface area contributed by atoms with E-state index >= 15 is 0 Å². The summed E-state index contributed by atoms with van der Waals surface area (Å²) in [6.07, 6.45) is 0. The minimum absolute atomic E-state index is 0.188. The lowest BCUT2D eigenvalue weighted by Crippen LogP contribution is -2.09. The lowest BCUT2D eigenvalue weighted by atomic mass is 10.2. The van der Waals surface area contributed by atoms with Gasteiger partial charge in [0.05, 0.1) is 4.88 Å². The van der Waals surface area contributed by atoms with Gasteiger partial charge in [-0.2, -0.15) is 0 Å². The second kappa shape index (κ2) is 4.35. The van der Waals surface area contributed by atoms with Crippen molar-refractivity contribution in [2.45, 2.75) is 0 Å². The molecular formula is C11H8N4OS2. The number of hydrogen-bond donors (Lipinski definition) is 2. The first-order valence-electron chi connectivity index (χ1n) is 5.11. The van der Waals surface area contributed by atoms with Crippen molar-refractivity contribution in [3.63, 3.8) is 0 Å². The lowest BCUT2D eigenvalue weighted by Gasteiger charge is -1.95. The van der Waals surface area contributed by atoms with Gasteiger partial charge >= 0.3 is 0 Å². The number of nitrogens with zero attached hydrogens (tertiary/aromatic N) is 2. The summed E-state index contributed by atoms with van der Waals surface area (Å²) in [5, 5.41) is 11.9. The average Bonchev–Trinajstić information content (AvgIpc) is 2.95. The Bertz CT molecular complexity index is 685. The van der Waals surface area contributed by atoms with E-state index in [-0.39, 0.29) is 5.91 Å². The van der Waals surface area contributed by atoms with Crippen molar-refractivity contribution in [3.8, 4) is 0 Å². The summed E-state index contributed by atoms with van der Waals surface area (Å²) >= 11 is 2.59. The van der Waals surface area contributed by atoms with Gasteiger partial charge < -0.3 is 5.73 Å². The van der Waals surface area contributed by atoms with Crippen LogP contribution in [-0.4, -0.2) is 16.1 Å². The second-order valence-corrected chi connectivity index (χ2v) is 5.64. The van der Waals surface area contributed by atoms with E-state index in [1.807, 2.05) is 30.3 Å². The van der Waals surface area contributed by atoms with Gasteiger partial charge in [0, 0.05) is 4.70 Å². The molecule has 0 aliphatic rings. The number of nitrogens with one attached hydrogen (secondary N) is 1. The first-order valence-corrected chi connectivity index (χ1v) is 6.74. The van der Waals surface area contributed by atoms with Gasteiger partial charge in [-0.1, -0.05) is 29.5 Å². The van der Waals surface area contributed by atoms with E-state index in [0.717, 1.165) is 21.4 Å².